The van der Waals surface area contributed by atoms with Gasteiger partial charge in [0, 0.05) is 74.1 Å². The van der Waals surface area contributed by atoms with Crippen molar-refractivity contribution in [3.8, 4) is 56.8 Å². The smallest absolute Gasteiger partial charge is 0.143 e. The first kappa shape index (κ1) is 49.4. The van der Waals surface area contributed by atoms with Crippen LogP contribution < -0.4 is 19.3 Å². The van der Waals surface area contributed by atoms with E-state index in [1.54, 1.807) is 0 Å². The zero-order chi connectivity index (χ0) is 55.0. The number of benzene rings is 10. The molecular formula is C74H61N5O2. The number of pyridine rings is 1. The molecule has 10 aromatic carbocycles. The third-order valence-electron chi connectivity index (χ3n) is 16.0. The second kappa shape index (κ2) is 19.5. The van der Waals surface area contributed by atoms with E-state index in [1.165, 1.54) is 33.3 Å². The second-order valence-electron chi connectivity index (χ2n) is 23.3. The Morgan fingerprint density at radius 3 is 1.43 bits per heavy atom. The molecule has 0 unspecified atom stereocenters. The van der Waals surface area contributed by atoms with Crippen molar-refractivity contribution in [2.24, 2.45) is 0 Å². The summed E-state index contributed by atoms with van der Waals surface area (Å²) >= 11 is 0. The van der Waals surface area contributed by atoms with Gasteiger partial charge >= 0.3 is 0 Å². The molecule has 7 heteroatoms. The average molecular weight is 1050 g/mol. The molecule has 1 aliphatic rings. The highest BCUT2D eigenvalue weighted by molar-refractivity contribution is 6.10. The number of fused-ring (bicyclic) bond motifs is 7. The van der Waals surface area contributed by atoms with Crippen LogP contribution in [0.2, 0.25) is 0 Å². The van der Waals surface area contributed by atoms with Crippen LogP contribution in [-0.4, -0.2) is 20.8 Å². The number of anilines is 4. The number of para-hydroxylation sites is 5. The fraction of sp³-hybridized carbons (Fsp3) is 0.122. The molecule has 0 amide bonds. The van der Waals surface area contributed by atoms with Gasteiger partial charge in [0.25, 0.3) is 0 Å². The molecule has 0 fully saturated rings. The molecule has 0 aliphatic carbocycles. The van der Waals surface area contributed by atoms with E-state index < -0.39 is 0 Å². The van der Waals surface area contributed by atoms with E-state index in [0.29, 0.717) is 12.4 Å². The molecule has 0 bridgehead atoms. The summed E-state index contributed by atoms with van der Waals surface area (Å²) in [7, 11) is 0. The summed E-state index contributed by atoms with van der Waals surface area (Å²) in [5, 5.41) is 4.63. The zero-order valence-corrected chi connectivity index (χ0v) is 46.4. The Kier molecular flexibility index (Phi) is 11.9. The Morgan fingerprint density at radius 1 is 0.358 bits per heavy atom. The van der Waals surface area contributed by atoms with Crippen LogP contribution in [0.3, 0.4) is 0 Å². The fourth-order valence-corrected chi connectivity index (χ4v) is 11.8. The number of ether oxygens (including phenoxy) is 2. The maximum absolute atomic E-state index is 7.31. The van der Waals surface area contributed by atoms with Crippen molar-refractivity contribution in [2.45, 2.75) is 52.4 Å². The third kappa shape index (κ3) is 8.92. The monoisotopic (exact) mass is 1050 g/mol. The third-order valence-corrected chi connectivity index (χ3v) is 16.0. The van der Waals surface area contributed by atoms with E-state index in [1.807, 2.05) is 24.4 Å². The Balaban J connectivity index is 0.834. The van der Waals surface area contributed by atoms with Gasteiger partial charge in [0.05, 0.1) is 33.4 Å². The predicted molar refractivity (Wildman–Crippen MR) is 336 cm³/mol. The van der Waals surface area contributed by atoms with Crippen molar-refractivity contribution in [2.75, 3.05) is 16.5 Å². The molecular weight excluding hydrogens is 991 g/mol. The Morgan fingerprint density at radius 2 is 0.852 bits per heavy atom. The molecule has 0 radical (unpaired) electrons. The summed E-state index contributed by atoms with van der Waals surface area (Å²) in [6.45, 7) is 14.5. The lowest BCUT2D eigenvalue weighted by atomic mass is 9.80. The van der Waals surface area contributed by atoms with E-state index in [-0.39, 0.29) is 10.8 Å². The molecule has 1 aliphatic heterocycles. The molecule has 0 atom stereocenters. The molecule has 14 rings (SSSR count). The Bertz CT molecular complexity index is 4400. The van der Waals surface area contributed by atoms with Gasteiger partial charge in [0.15, 0.2) is 0 Å². The van der Waals surface area contributed by atoms with Gasteiger partial charge < -0.3 is 23.8 Å². The molecule has 4 heterocycles. The van der Waals surface area contributed by atoms with Crippen molar-refractivity contribution in [3.63, 3.8) is 0 Å². The fourth-order valence-electron chi connectivity index (χ4n) is 11.8. The highest BCUT2D eigenvalue weighted by atomic mass is 16.5. The van der Waals surface area contributed by atoms with E-state index in [2.05, 4.69) is 285 Å². The van der Waals surface area contributed by atoms with E-state index in [0.717, 1.165) is 95.2 Å². The van der Waals surface area contributed by atoms with E-state index in [9.17, 15) is 0 Å². The van der Waals surface area contributed by atoms with Gasteiger partial charge in [-0.15, -0.1) is 0 Å². The number of nitrogens with zero attached hydrogens (tertiary/aromatic N) is 5. The first-order chi connectivity index (χ1) is 39.4. The maximum atomic E-state index is 7.31. The van der Waals surface area contributed by atoms with Gasteiger partial charge in [0.2, 0.25) is 0 Å². The molecule has 13 aromatic rings. The summed E-state index contributed by atoms with van der Waals surface area (Å²) in [4.78, 5) is 9.90. The molecule has 394 valence electrons. The minimum Gasteiger partial charge on any atom is -0.457 e. The molecule has 0 spiro atoms. The minimum absolute atomic E-state index is 0.00184. The van der Waals surface area contributed by atoms with Crippen LogP contribution in [0.4, 0.5) is 22.7 Å². The minimum atomic E-state index is -0.00184. The highest BCUT2D eigenvalue weighted by Crippen LogP contribution is 2.48. The Labute approximate surface area is 473 Å². The van der Waals surface area contributed by atoms with Crippen LogP contribution in [-0.2, 0) is 10.8 Å². The van der Waals surface area contributed by atoms with Crippen molar-refractivity contribution in [1.29, 1.82) is 0 Å². The molecule has 7 nitrogen and oxygen atoms in total. The standard InChI is InChI=1S/C74H61N5O2/c1-73(2,3)51-40-52(74(4,5)6)42-54(41-51)77-48-76(68-34-19-20-35-69(68)77)53-26-21-27-56(43-53)80-57-36-37-62-61-30-15-18-33-67(61)79(70(62)46-57)71-47-58(38-39-75-71)81-72-63(49-22-9-7-10-23-49)44-55(45-64(72)50-24-11-8-12-25-50)78-65-31-16-13-28-59(65)60-29-14-17-32-66(60)78/h7-47H,48H2,1-6H3. The van der Waals surface area contributed by atoms with E-state index >= 15 is 0 Å². The SMILES string of the molecule is CC(C)(C)c1cc(N2CN(c3cccc(Oc4ccc5c6ccccc6n(-c6cc(Oc7c(-c8ccccc8)cc(-n8c9ccccc9c9ccccc98)cc7-c7ccccc7)ccn6)c5c4)c3)c3ccccc32)cc(C(C)(C)C)c1. The van der Waals surface area contributed by atoms with Crippen LogP contribution in [0.15, 0.2) is 249 Å². The van der Waals surface area contributed by atoms with Crippen LogP contribution in [0, 0.1) is 0 Å². The van der Waals surface area contributed by atoms with Crippen molar-refractivity contribution in [3.05, 3.63) is 260 Å². The number of aromatic nitrogens is 3. The molecule has 3 aromatic heterocycles. The Hall–Kier alpha value is -9.85. The molecule has 0 saturated heterocycles. The first-order valence-electron chi connectivity index (χ1n) is 27.9. The molecule has 81 heavy (non-hydrogen) atoms. The largest absolute Gasteiger partial charge is 0.457 e. The molecule has 0 saturated carbocycles. The average Bonchev–Trinajstić information content (AvgIpc) is 4.23. The summed E-state index contributed by atoms with van der Waals surface area (Å²) in [6.07, 6.45) is 1.84. The zero-order valence-electron chi connectivity index (χ0n) is 46.4. The van der Waals surface area contributed by atoms with Crippen LogP contribution in [0.5, 0.6) is 23.0 Å². The highest BCUT2D eigenvalue weighted by Gasteiger charge is 2.31. The maximum Gasteiger partial charge on any atom is 0.143 e. The number of rotatable bonds is 10. The summed E-state index contributed by atoms with van der Waals surface area (Å²) in [5.41, 5.74) is 16.6. The second-order valence-corrected chi connectivity index (χ2v) is 23.3. The lowest BCUT2D eigenvalue weighted by Gasteiger charge is -2.29. The topological polar surface area (TPSA) is 47.7 Å². The summed E-state index contributed by atoms with van der Waals surface area (Å²) < 4.78 is 18.8. The first-order valence-corrected chi connectivity index (χ1v) is 27.9. The van der Waals surface area contributed by atoms with Crippen LogP contribution in [0.25, 0.3) is 77.4 Å². The van der Waals surface area contributed by atoms with Gasteiger partial charge in [-0.2, -0.15) is 0 Å². The van der Waals surface area contributed by atoms with Crippen LogP contribution >= 0.6 is 0 Å². The summed E-state index contributed by atoms with van der Waals surface area (Å²) in [6, 6.07) is 86.2. The lowest BCUT2D eigenvalue weighted by Crippen LogP contribution is -2.25. The van der Waals surface area contributed by atoms with Gasteiger partial charge in [-0.1, -0.05) is 181 Å². The predicted octanol–water partition coefficient (Wildman–Crippen LogP) is 20.0. The number of hydrogen-bond donors (Lipinski definition) is 0. The van der Waals surface area contributed by atoms with Crippen molar-refractivity contribution in [1.82, 2.24) is 14.1 Å². The van der Waals surface area contributed by atoms with Gasteiger partial charge in [-0.3, -0.25) is 4.57 Å². The lowest BCUT2D eigenvalue weighted by molar-refractivity contribution is 0.483. The van der Waals surface area contributed by atoms with Crippen molar-refractivity contribution < 1.29 is 9.47 Å². The van der Waals surface area contributed by atoms with Crippen LogP contribution in [0.1, 0.15) is 52.7 Å². The summed E-state index contributed by atoms with van der Waals surface area (Å²) in [5.74, 6) is 3.60. The van der Waals surface area contributed by atoms with Gasteiger partial charge in [0.1, 0.15) is 35.5 Å². The van der Waals surface area contributed by atoms with Crippen molar-refractivity contribution >= 4 is 66.4 Å². The number of hydrogen-bond acceptors (Lipinski definition) is 5. The normalized spacial score (nSPS) is 12.7. The van der Waals surface area contributed by atoms with E-state index in [4.69, 9.17) is 14.5 Å². The quantitative estimate of drug-likeness (QED) is 0.137. The van der Waals surface area contributed by atoms with Gasteiger partial charge in [-0.25, -0.2) is 4.98 Å². The molecule has 0 N–H and O–H groups in total. The van der Waals surface area contributed by atoms with Gasteiger partial charge in [-0.05, 0) is 118 Å².